The van der Waals surface area contributed by atoms with Crippen LogP contribution in [0.15, 0.2) is 0 Å². The molecule has 0 atom stereocenters. The number of hydrogen-bond acceptors (Lipinski definition) is 0. The molecule has 43 valence electrons. The topological polar surface area (TPSA) is 126 Å². The molecule has 0 aliphatic heterocycles. The van der Waals surface area contributed by atoms with Crippen molar-refractivity contribution in [2.45, 2.75) is 0 Å². The molecule has 0 aromatic carbocycles. The van der Waals surface area contributed by atoms with E-state index in [0.29, 0.717) is 0 Å². The second-order valence-electron chi connectivity index (χ2n) is 0. The molecule has 1 radical (unpaired) electrons. The predicted octanol–water partition coefficient (Wildman–Crippen LogP) is -6.30. The van der Waals surface area contributed by atoms with Gasteiger partial charge in [-0.05, 0) is 0 Å². The van der Waals surface area contributed by atoms with Crippen molar-refractivity contribution in [3.05, 3.63) is 0 Å². The molecule has 0 unspecified atom stereocenters. The summed E-state index contributed by atoms with van der Waals surface area (Å²) in [6.07, 6.45) is 0. The Bertz CT molecular complexity index is 7.51. The molecule has 4 nitrogen and oxygen atoms in total. The minimum Gasteiger partial charge on any atom is -0.412 e. The van der Waals surface area contributed by atoms with Gasteiger partial charge in [0.15, 0.2) is 0 Å². The fourth-order valence-corrected chi connectivity index (χ4v) is 0. The van der Waals surface area contributed by atoms with Gasteiger partial charge in [-0.1, -0.05) is 0 Å². The van der Waals surface area contributed by atoms with Gasteiger partial charge >= 0.3 is 51.4 Å². The van der Waals surface area contributed by atoms with Gasteiger partial charge in [0.2, 0.25) is 0 Å². The molecule has 6 heteroatoms. The Labute approximate surface area is 93.8 Å². The Kier molecular flexibility index (Phi) is 824. The molecular weight excluding hydrogens is 300 g/mol. The van der Waals surface area contributed by atoms with E-state index in [1.165, 1.54) is 0 Å². The molecule has 8 N–H and O–H groups in total. The van der Waals surface area contributed by atoms with Gasteiger partial charge in [-0.15, -0.1) is 0 Å². The molecule has 0 fully saturated rings. The van der Waals surface area contributed by atoms with Crippen molar-refractivity contribution in [2.75, 3.05) is 0 Å². The van der Waals surface area contributed by atoms with Crippen molar-refractivity contribution >= 4 is 0 Å². The summed E-state index contributed by atoms with van der Waals surface area (Å²) in [6.45, 7) is 0. The van der Waals surface area contributed by atoms with Crippen molar-refractivity contribution in [2.24, 2.45) is 0 Å². The summed E-state index contributed by atoms with van der Waals surface area (Å²) in [6, 6.07) is 0. The minimum absolute atomic E-state index is 0. The van der Waals surface area contributed by atoms with Crippen molar-refractivity contribution in [3.8, 4) is 0 Å². The number of hydrogen-bond donors (Lipinski definition) is 0. The van der Waals surface area contributed by atoms with Gasteiger partial charge in [-0.2, -0.15) is 0 Å². The maximum Gasteiger partial charge on any atom is 1.00 e. The van der Waals surface area contributed by atoms with Crippen molar-refractivity contribution in [3.63, 3.8) is 0 Å². The van der Waals surface area contributed by atoms with Crippen LogP contribution in [0.1, 0.15) is 0 Å². The zero-order chi connectivity index (χ0) is 0. The normalized spacial score (nSPS) is 0. The van der Waals surface area contributed by atoms with E-state index in [1.807, 2.05) is 0 Å². The molecule has 0 aliphatic carbocycles. The first-order valence-corrected chi connectivity index (χ1v) is 0. The maximum absolute atomic E-state index is 0. The van der Waals surface area contributed by atoms with Crippen LogP contribution >= 0.6 is 0 Å². The van der Waals surface area contributed by atoms with E-state index in [2.05, 4.69) is 0 Å². The molecule has 6 heavy (non-hydrogen) atoms. The zero-order valence-electron chi connectivity index (χ0n) is 3.30. The van der Waals surface area contributed by atoms with Crippen LogP contribution < -0.4 is 51.4 Å². The van der Waals surface area contributed by atoms with Gasteiger partial charge in [0, 0.05) is 22.4 Å². The molecule has 0 heterocycles. The molecule has 0 aliphatic rings. The molecule has 0 rings (SSSR count). The minimum atomic E-state index is 0. The van der Waals surface area contributed by atoms with E-state index in [-0.39, 0.29) is 95.7 Å². The summed E-state index contributed by atoms with van der Waals surface area (Å²) in [5, 5.41) is 0. The third-order valence-corrected chi connectivity index (χ3v) is 0. The van der Waals surface area contributed by atoms with Gasteiger partial charge in [-0.3, -0.25) is 0 Å². The van der Waals surface area contributed by atoms with Crippen molar-refractivity contribution in [1.82, 2.24) is 0 Å². The van der Waals surface area contributed by atoms with Crippen LogP contribution in [0.2, 0.25) is 0 Å². The van der Waals surface area contributed by atoms with Gasteiger partial charge in [0.1, 0.15) is 0 Å². The van der Waals surface area contributed by atoms with Gasteiger partial charge in [0.25, 0.3) is 0 Å². The van der Waals surface area contributed by atoms with Crippen molar-refractivity contribution < 1.29 is 95.7 Å². The van der Waals surface area contributed by atoms with Crippen LogP contribution in [0.25, 0.3) is 0 Å². The largest absolute Gasteiger partial charge is 1.00 e. The van der Waals surface area contributed by atoms with Crippen molar-refractivity contribution in [1.29, 1.82) is 0 Å². The molecule has 0 aromatic heterocycles. The fraction of sp³-hybridized carbons (Fsp3) is 0. The van der Waals surface area contributed by atoms with Crippen LogP contribution in [0.3, 0.4) is 0 Å². The third-order valence-electron chi connectivity index (χ3n) is 0. The molecule has 0 amide bonds. The molecule has 0 saturated carbocycles. The Balaban J connectivity index is 0. The van der Waals surface area contributed by atoms with Crippen LogP contribution in [0, 0.1) is 0 Å². The summed E-state index contributed by atoms with van der Waals surface area (Å²) >= 11 is 0. The average molecular weight is 308 g/mol. The first-order valence-electron chi connectivity index (χ1n) is 0. The molecule has 0 spiro atoms. The quantitative estimate of drug-likeness (QED) is 0.395. The summed E-state index contributed by atoms with van der Waals surface area (Å²) in [7, 11) is 0. The fourth-order valence-electron chi connectivity index (χ4n) is 0. The van der Waals surface area contributed by atoms with E-state index in [4.69, 9.17) is 0 Å². The number of rotatable bonds is 0. The standard InChI is InChI=1S/Au.K.4H2O/h;;4*1H2/q;+1;;;;. The van der Waals surface area contributed by atoms with E-state index < -0.39 is 0 Å². The summed E-state index contributed by atoms with van der Waals surface area (Å²) in [4.78, 5) is 0. The van der Waals surface area contributed by atoms with Crippen LogP contribution in [0.5, 0.6) is 0 Å². The molecule has 0 bridgehead atoms. The van der Waals surface area contributed by atoms with Gasteiger partial charge in [-0.25, -0.2) is 0 Å². The SMILES string of the molecule is O.O.O.O.[Au].[K+]. The van der Waals surface area contributed by atoms with E-state index in [0.717, 1.165) is 0 Å². The van der Waals surface area contributed by atoms with Crippen LogP contribution in [0.4, 0.5) is 0 Å². The Morgan fingerprint density at radius 3 is 0.500 bits per heavy atom. The van der Waals surface area contributed by atoms with Gasteiger partial charge < -0.3 is 21.9 Å². The van der Waals surface area contributed by atoms with E-state index >= 15 is 0 Å². The predicted molar refractivity (Wildman–Crippen MR) is 14.5 cm³/mol. The molecule has 0 aromatic rings. The van der Waals surface area contributed by atoms with Crippen LogP contribution in [-0.4, -0.2) is 21.9 Å². The Hall–Kier alpha value is 2.22. The smallest absolute Gasteiger partial charge is 0.412 e. The van der Waals surface area contributed by atoms with Gasteiger partial charge in [0.05, 0.1) is 0 Å². The summed E-state index contributed by atoms with van der Waals surface area (Å²) in [5.74, 6) is 0. The average Bonchev–Trinajstić information content (AvgIpc) is 0. The zero-order valence-corrected chi connectivity index (χ0v) is 8.59. The van der Waals surface area contributed by atoms with E-state index in [1.54, 1.807) is 0 Å². The van der Waals surface area contributed by atoms with E-state index in [9.17, 15) is 0 Å². The first kappa shape index (κ1) is 87.1. The Morgan fingerprint density at radius 1 is 0.500 bits per heavy atom. The summed E-state index contributed by atoms with van der Waals surface area (Å²) < 4.78 is 0. The monoisotopic (exact) mass is 308 g/mol. The second-order valence-corrected chi connectivity index (χ2v) is 0. The third kappa shape index (κ3) is 34.4. The van der Waals surface area contributed by atoms with Crippen LogP contribution in [-0.2, 0) is 22.4 Å². The molecule has 0 saturated heterocycles. The second kappa shape index (κ2) is 56.8. The Morgan fingerprint density at radius 2 is 0.500 bits per heavy atom. The maximum atomic E-state index is 0. The first-order chi connectivity index (χ1) is 0. The summed E-state index contributed by atoms with van der Waals surface area (Å²) in [5.41, 5.74) is 0. The molecular formula is H8AuKO4+.